The van der Waals surface area contributed by atoms with E-state index >= 15 is 0 Å². The molecule has 0 bridgehead atoms. The van der Waals surface area contributed by atoms with Crippen molar-refractivity contribution in [3.8, 4) is 16.9 Å². The number of nitrogens with zero attached hydrogens (tertiary/aromatic N) is 2. The molecule has 20 heavy (non-hydrogen) atoms. The van der Waals surface area contributed by atoms with Crippen LogP contribution >= 0.6 is 0 Å². The molecule has 0 saturated heterocycles. The molecule has 1 N–H and O–H groups in total. The van der Waals surface area contributed by atoms with Crippen LogP contribution in [-0.2, 0) is 6.54 Å². The topological polar surface area (TPSA) is 64.4 Å². The molecule has 2 aromatic rings. The van der Waals surface area contributed by atoms with Crippen molar-refractivity contribution < 1.29 is 14.6 Å². The number of hydrogen-bond donors (Lipinski definition) is 1. The highest BCUT2D eigenvalue weighted by Crippen LogP contribution is 2.35. The second-order valence-corrected chi connectivity index (χ2v) is 4.58. The molecule has 106 valence electrons. The van der Waals surface area contributed by atoms with E-state index in [1.807, 2.05) is 25.5 Å². The first kappa shape index (κ1) is 14.1. The van der Waals surface area contributed by atoms with Crippen LogP contribution in [0.2, 0.25) is 0 Å². The van der Waals surface area contributed by atoms with Gasteiger partial charge in [0.1, 0.15) is 5.75 Å². The Hall–Kier alpha value is -2.30. The van der Waals surface area contributed by atoms with E-state index in [-0.39, 0.29) is 5.56 Å². The summed E-state index contributed by atoms with van der Waals surface area (Å²) in [6.45, 7) is 6.69. The molecule has 0 atom stereocenters. The Bertz CT molecular complexity index is 659. The molecule has 1 aromatic heterocycles. The molecule has 1 heterocycles. The predicted octanol–water partition coefficient (Wildman–Crippen LogP) is 2.89. The summed E-state index contributed by atoms with van der Waals surface area (Å²) in [6, 6.07) is 4.86. The van der Waals surface area contributed by atoms with Crippen molar-refractivity contribution in [1.82, 2.24) is 9.78 Å². The van der Waals surface area contributed by atoms with Crippen LogP contribution < -0.4 is 4.74 Å². The van der Waals surface area contributed by atoms with Crippen LogP contribution in [0, 0.1) is 13.8 Å². The van der Waals surface area contributed by atoms with E-state index in [0.29, 0.717) is 5.75 Å². The monoisotopic (exact) mass is 274 g/mol. The van der Waals surface area contributed by atoms with Gasteiger partial charge in [-0.1, -0.05) is 0 Å². The van der Waals surface area contributed by atoms with Crippen LogP contribution in [0.1, 0.15) is 28.7 Å². The van der Waals surface area contributed by atoms with Crippen LogP contribution in [-0.4, -0.2) is 28.0 Å². The zero-order chi connectivity index (χ0) is 14.9. The van der Waals surface area contributed by atoms with E-state index in [9.17, 15) is 4.79 Å². The van der Waals surface area contributed by atoms with Crippen LogP contribution in [0.25, 0.3) is 11.1 Å². The lowest BCUT2D eigenvalue weighted by atomic mass is 10.00. The second kappa shape index (κ2) is 5.36. The van der Waals surface area contributed by atoms with Crippen molar-refractivity contribution in [3.05, 3.63) is 35.2 Å². The summed E-state index contributed by atoms with van der Waals surface area (Å²) in [4.78, 5) is 11.2. The molecule has 0 saturated carbocycles. The molecule has 1 aromatic carbocycles. The Morgan fingerprint density at radius 2 is 2.10 bits per heavy atom. The number of carboxylic acids is 1. The lowest BCUT2D eigenvalue weighted by Gasteiger charge is -2.10. The minimum absolute atomic E-state index is 0.240. The average Bonchev–Trinajstić information content (AvgIpc) is 2.72. The smallest absolute Gasteiger partial charge is 0.335 e. The van der Waals surface area contributed by atoms with Gasteiger partial charge in [-0.25, -0.2) is 4.79 Å². The Labute approximate surface area is 117 Å². The SMILES string of the molecule is CCn1nc(C)c(-c2cc(C(=O)O)ccc2OC)c1C. The number of aromatic carboxylic acids is 1. The minimum atomic E-state index is -0.952. The first-order chi connectivity index (χ1) is 9.49. The van der Waals surface area contributed by atoms with Crippen LogP contribution in [0.3, 0.4) is 0 Å². The number of rotatable bonds is 4. The number of methoxy groups -OCH3 is 1. The summed E-state index contributed by atoms with van der Waals surface area (Å²) in [6.07, 6.45) is 0. The lowest BCUT2D eigenvalue weighted by Crippen LogP contribution is -2.00. The maximum absolute atomic E-state index is 11.2. The molecular weight excluding hydrogens is 256 g/mol. The largest absolute Gasteiger partial charge is 0.496 e. The van der Waals surface area contributed by atoms with Crippen molar-refractivity contribution in [1.29, 1.82) is 0 Å². The minimum Gasteiger partial charge on any atom is -0.496 e. The number of aromatic nitrogens is 2. The van der Waals surface area contributed by atoms with Crippen LogP contribution in [0.15, 0.2) is 18.2 Å². The number of hydrogen-bond acceptors (Lipinski definition) is 3. The number of aryl methyl sites for hydroxylation is 2. The summed E-state index contributed by atoms with van der Waals surface area (Å²) in [7, 11) is 1.58. The Kier molecular flexibility index (Phi) is 3.79. The van der Waals surface area contributed by atoms with Gasteiger partial charge in [-0.15, -0.1) is 0 Å². The van der Waals surface area contributed by atoms with Gasteiger partial charge in [-0.05, 0) is 39.0 Å². The molecule has 0 fully saturated rings. The maximum atomic E-state index is 11.2. The standard InChI is InChI=1S/C15H18N2O3/c1-5-17-10(3)14(9(2)16-17)12-8-11(15(18)19)6-7-13(12)20-4/h6-8H,5H2,1-4H3,(H,18,19). The van der Waals surface area contributed by atoms with Gasteiger partial charge in [0, 0.05) is 23.4 Å². The molecule has 0 spiro atoms. The zero-order valence-corrected chi connectivity index (χ0v) is 12.1. The highest BCUT2D eigenvalue weighted by molar-refractivity contribution is 5.91. The number of benzene rings is 1. The van der Waals surface area contributed by atoms with Crippen molar-refractivity contribution in [2.45, 2.75) is 27.3 Å². The zero-order valence-electron chi connectivity index (χ0n) is 12.1. The van der Waals surface area contributed by atoms with Gasteiger partial charge in [0.25, 0.3) is 0 Å². The third-order valence-electron chi connectivity index (χ3n) is 3.40. The summed E-state index contributed by atoms with van der Waals surface area (Å²) >= 11 is 0. The molecule has 5 heteroatoms. The van der Waals surface area contributed by atoms with Gasteiger partial charge in [0.2, 0.25) is 0 Å². The van der Waals surface area contributed by atoms with Crippen molar-refractivity contribution >= 4 is 5.97 Å². The Morgan fingerprint density at radius 3 is 2.60 bits per heavy atom. The fourth-order valence-corrected chi connectivity index (χ4v) is 2.43. The van der Waals surface area contributed by atoms with E-state index in [0.717, 1.165) is 29.1 Å². The quantitative estimate of drug-likeness (QED) is 0.931. The number of carbonyl (C=O) groups is 1. The van der Waals surface area contributed by atoms with Gasteiger partial charge in [-0.3, -0.25) is 4.68 Å². The van der Waals surface area contributed by atoms with Gasteiger partial charge < -0.3 is 9.84 Å². The van der Waals surface area contributed by atoms with E-state index < -0.39 is 5.97 Å². The average molecular weight is 274 g/mol. The van der Waals surface area contributed by atoms with E-state index in [4.69, 9.17) is 9.84 Å². The van der Waals surface area contributed by atoms with Crippen molar-refractivity contribution in [2.24, 2.45) is 0 Å². The first-order valence-corrected chi connectivity index (χ1v) is 6.45. The fourth-order valence-electron chi connectivity index (χ4n) is 2.43. The summed E-state index contributed by atoms with van der Waals surface area (Å²) in [5.74, 6) is -0.302. The molecule has 2 rings (SSSR count). The predicted molar refractivity (Wildman–Crippen MR) is 76.3 cm³/mol. The third kappa shape index (κ3) is 2.27. The van der Waals surface area contributed by atoms with E-state index in [1.165, 1.54) is 0 Å². The highest BCUT2D eigenvalue weighted by Gasteiger charge is 2.18. The second-order valence-electron chi connectivity index (χ2n) is 4.58. The molecule has 0 amide bonds. The maximum Gasteiger partial charge on any atom is 0.335 e. The van der Waals surface area contributed by atoms with Crippen LogP contribution in [0.4, 0.5) is 0 Å². The molecule has 0 aliphatic carbocycles. The summed E-state index contributed by atoms with van der Waals surface area (Å²) in [5.41, 5.74) is 3.81. The van der Waals surface area contributed by atoms with Crippen LogP contribution in [0.5, 0.6) is 5.75 Å². The van der Waals surface area contributed by atoms with Crippen molar-refractivity contribution in [3.63, 3.8) is 0 Å². The molecule has 5 nitrogen and oxygen atoms in total. The number of ether oxygens (including phenoxy) is 1. The van der Waals surface area contributed by atoms with Gasteiger partial charge in [-0.2, -0.15) is 5.10 Å². The Balaban J connectivity index is 2.70. The molecule has 0 unspecified atom stereocenters. The lowest BCUT2D eigenvalue weighted by molar-refractivity contribution is 0.0697. The van der Waals surface area contributed by atoms with E-state index in [1.54, 1.807) is 25.3 Å². The number of carboxylic acid groups (broad SMARTS) is 1. The Morgan fingerprint density at radius 1 is 1.40 bits per heavy atom. The van der Waals surface area contributed by atoms with Gasteiger partial charge >= 0.3 is 5.97 Å². The molecule has 0 radical (unpaired) electrons. The fraction of sp³-hybridized carbons (Fsp3) is 0.333. The van der Waals surface area contributed by atoms with E-state index in [2.05, 4.69) is 5.10 Å². The molecular formula is C15H18N2O3. The molecule has 0 aliphatic heterocycles. The summed E-state index contributed by atoms with van der Waals surface area (Å²) in [5, 5.41) is 13.6. The van der Waals surface area contributed by atoms with Gasteiger partial charge in [0.15, 0.2) is 0 Å². The first-order valence-electron chi connectivity index (χ1n) is 6.45. The summed E-state index contributed by atoms with van der Waals surface area (Å²) < 4.78 is 7.26. The molecule has 0 aliphatic rings. The normalized spacial score (nSPS) is 10.6. The third-order valence-corrected chi connectivity index (χ3v) is 3.40. The highest BCUT2D eigenvalue weighted by atomic mass is 16.5. The van der Waals surface area contributed by atoms with Crippen molar-refractivity contribution in [2.75, 3.05) is 7.11 Å². The van der Waals surface area contributed by atoms with Gasteiger partial charge in [0.05, 0.1) is 18.4 Å².